The molecular formula is C19H15BrFN3OS. The number of hydrogen-bond donors (Lipinski definition) is 1. The zero-order valence-electron chi connectivity index (χ0n) is 13.8. The van der Waals surface area contributed by atoms with E-state index in [0.29, 0.717) is 15.3 Å². The number of halogens is 2. The highest BCUT2D eigenvalue weighted by Gasteiger charge is 2.39. The number of rotatable bonds is 3. The van der Waals surface area contributed by atoms with Gasteiger partial charge in [0.05, 0.1) is 11.7 Å². The minimum atomic E-state index is -0.298. The Morgan fingerprint density at radius 1 is 1.23 bits per heavy atom. The smallest absolute Gasteiger partial charge is 0.170 e. The molecule has 0 amide bonds. The molecule has 7 heteroatoms. The van der Waals surface area contributed by atoms with Gasteiger partial charge >= 0.3 is 0 Å². The van der Waals surface area contributed by atoms with E-state index in [-0.39, 0.29) is 17.9 Å². The Labute approximate surface area is 164 Å². The number of furan rings is 1. The molecule has 0 spiro atoms. The van der Waals surface area contributed by atoms with Crippen LogP contribution in [0.25, 0.3) is 11.3 Å². The second kappa shape index (κ2) is 6.81. The molecule has 1 aliphatic rings. The third kappa shape index (κ3) is 3.01. The normalized spacial score (nSPS) is 19.7. The third-order valence-electron chi connectivity index (χ3n) is 4.45. The van der Waals surface area contributed by atoms with Crippen molar-refractivity contribution in [1.29, 1.82) is 0 Å². The van der Waals surface area contributed by atoms with E-state index in [1.807, 2.05) is 42.3 Å². The largest absolute Gasteiger partial charge is 0.459 e. The van der Waals surface area contributed by atoms with Crippen LogP contribution in [0.4, 0.5) is 4.39 Å². The lowest BCUT2D eigenvalue weighted by molar-refractivity contribution is 0.310. The number of nitrogens with one attached hydrogen (secondary N) is 1. The summed E-state index contributed by atoms with van der Waals surface area (Å²) in [4.78, 5) is 6.42. The molecule has 1 N–H and O–H groups in total. The number of pyridine rings is 1. The zero-order valence-corrected chi connectivity index (χ0v) is 16.2. The molecule has 1 aromatic carbocycles. The first kappa shape index (κ1) is 17.2. The molecule has 0 saturated carbocycles. The molecule has 26 heavy (non-hydrogen) atoms. The molecule has 2 atom stereocenters. The summed E-state index contributed by atoms with van der Waals surface area (Å²) in [5, 5.41) is 3.96. The lowest BCUT2D eigenvalue weighted by atomic mass is 10.0. The van der Waals surface area contributed by atoms with E-state index in [4.69, 9.17) is 16.6 Å². The van der Waals surface area contributed by atoms with Crippen molar-refractivity contribution in [1.82, 2.24) is 15.2 Å². The molecule has 0 bridgehead atoms. The van der Waals surface area contributed by atoms with E-state index in [9.17, 15) is 4.39 Å². The number of hydrogen-bond acceptors (Lipinski definition) is 3. The molecule has 0 unspecified atom stereocenters. The maximum atomic E-state index is 13.4. The fourth-order valence-corrected chi connectivity index (χ4v) is 3.95. The van der Waals surface area contributed by atoms with Gasteiger partial charge in [-0.15, -0.1) is 0 Å². The van der Waals surface area contributed by atoms with Crippen molar-refractivity contribution in [2.75, 3.05) is 7.05 Å². The first-order valence-electron chi connectivity index (χ1n) is 8.04. The summed E-state index contributed by atoms with van der Waals surface area (Å²) >= 11 is 8.82. The van der Waals surface area contributed by atoms with Crippen LogP contribution in [-0.2, 0) is 0 Å². The second-order valence-electron chi connectivity index (χ2n) is 6.06. The summed E-state index contributed by atoms with van der Waals surface area (Å²) in [6, 6.07) is 13.9. The molecule has 2 aromatic heterocycles. The number of thiocarbonyl (C=S) groups is 1. The second-order valence-corrected chi connectivity index (χ2v) is 7.30. The molecule has 3 aromatic rings. The summed E-state index contributed by atoms with van der Waals surface area (Å²) in [5.74, 6) is 1.13. The van der Waals surface area contributed by atoms with Gasteiger partial charge in [-0.3, -0.25) is 4.98 Å². The predicted octanol–water partition coefficient (Wildman–Crippen LogP) is 4.85. The minimum absolute atomic E-state index is 0.107. The van der Waals surface area contributed by atoms with Gasteiger partial charge in [-0.25, -0.2) is 4.39 Å². The van der Waals surface area contributed by atoms with E-state index in [1.165, 1.54) is 12.1 Å². The van der Waals surface area contributed by atoms with Crippen molar-refractivity contribution in [3.05, 3.63) is 76.5 Å². The van der Waals surface area contributed by atoms with Crippen LogP contribution in [0, 0.1) is 5.82 Å². The highest BCUT2D eigenvalue weighted by molar-refractivity contribution is 9.10. The van der Waals surface area contributed by atoms with Crippen LogP contribution in [0.5, 0.6) is 0 Å². The number of nitrogens with zero attached hydrogens (tertiary/aromatic N) is 2. The molecular weight excluding hydrogens is 417 g/mol. The van der Waals surface area contributed by atoms with Gasteiger partial charge in [0, 0.05) is 23.3 Å². The molecule has 0 aliphatic carbocycles. The van der Waals surface area contributed by atoms with Gasteiger partial charge < -0.3 is 14.6 Å². The van der Waals surface area contributed by atoms with Crippen LogP contribution >= 0.6 is 28.1 Å². The Morgan fingerprint density at radius 3 is 2.81 bits per heavy atom. The lowest BCUT2D eigenvalue weighted by Crippen LogP contribution is -2.24. The van der Waals surface area contributed by atoms with E-state index in [2.05, 4.69) is 26.2 Å². The van der Waals surface area contributed by atoms with Crippen LogP contribution in [0.2, 0.25) is 0 Å². The van der Waals surface area contributed by atoms with Crippen LogP contribution in [0.1, 0.15) is 23.5 Å². The van der Waals surface area contributed by atoms with Gasteiger partial charge in [0.15, 0.2) is 5.11 Å². The molecule has 132 valence electrons. The third-order valence-corrected chi connectivity index (χ3v) is 5.52. The van der Waals surface area contributed by atoms with Crippen LogP contribution in [0.3, 0.4) is 0 Å². The summed E-state index contributed by atoms with van der Waals surface area (Å²) in [6.07, 6.45) is 1.76. The van der Waals surface area contributed by atoms with Crippen LogP contribution < -0.4 is 5.32 Å². The molecule has 4 nitrogen and oxygen atoms in total. The number of aromatic nitrogens is 1. The highest BCUT2D eigenvalue weighted by Crippen LogP contribution is 2.40. The molecule has 1 saturated heterocycles. The quantitative estimate of drug-likeness (QED) is 0.600. The van der Waals surface area contributed by atoms with Crippen LogP contribution in [-0.4, -0.2) is 22.0 Å². The summed E-state index contributed by atoms with van der Waals surface area (Å²) < 4.78 is 20.1. The van der Waals surface area contributed by atoms with Gasteiger partial charge in [0.1, 0.15) is 23.4 Å². The standard InChI is InChI=1S/C19H15BrFN3OS/c1-24-18(17(23-19(24)26)14-4-2-3-9-22-14)16-8-7-15(25-16)12-6-5-11(21)10-13(12)20/h2-10,17-18H,1H3,(H,23,26)/t17-,18+/m1/s1. The average Bonchev–Trinajstić information content (AvgIpc) is 3.21. The van der Waals surface area contributed by atoms with Gasteiger partial charge in [-0.1, -0.05) is 6.07 Å². The van der Waals surface area contributed by atoms with E-state index in [1.54, 1.807) is 12.3 Å². The van der Waals surface area contributed by atoms with Crippen molar-refractivity contribution in [2.24, 2.45) is 0 Å². The fourth-order valence-electron chi connectivity index (χ4n) is 3.16. The predicted molar refractivity (Wildman–Crippen MR) is 105 cm³/mol. The van der Waals surface area contributed by atoms with Crippen molar-refractivity contribution < 1.29 is 8.81 Å². The monoisotopic (exact) mass is 431 g/mol. The van der Waals surface area contributed by atoms with Gasteiger partial charge in [-0.05, 0) is 70.6 Å². The molecule has 1 fully saturated rings. The van der Waals surface area contributed by atoms with E-state index in [0.717, 1.165) is 17.0 Å². The maximum absolute atomic E-state index is 13.4. The van der Waals surface area contributed by atoms with E-state index < -0.39 is 0 Å². The molecule has 0 radical (unpaired) electrons. The lowest BCUT2D eigenvalue weighted by Gasteiger charge is -2.21. The minimum Gasteiger partial charge on any atom is -0.459 e. The number of benzene rings is 1. The maximum Gasteiger partial charge on any atom is 0.170 e. The summed E-state index contributed by atoms with van der Waals surface area (Å²) in [5.41, 5.74) is 1.69. The Hall–Kier alpha value is -2.25. The first-order chi connectivity index (χ1) is 12.5. The van der Waals surface area contributed by atoms with Crippen molar-refractivity contribution >= 4 is 33.3 Å². The molecule has 3 heterocycles. The summed E-state index contributed by atoms with van der Waals surface area (Å²) in [6.45, 7) is 0. The molecule has 1 aliphatic heterocycles. The molecule has 4 rings (SSSR count). The Bertz CT molecular complexity index is 962. The van der Waals surface area contributed by atoms with Gasteiger partial charge in [0.25, 0.3) is 0 Å². The SMILES string of the molecule is CN1C(=S)N[C@H](c2ccccn2)[C@@H]1c1ccc(-c2ccc(F)cc2Br)o1. The Morgan fingerprint density at radius 2 is 2.08 bits per heavy atom. The Balaban J connectivity index is 1.72. The average molecular weight is 432 g/mol. The fraction of sp³-hybridized carbons (Fsp3) is 0.158. The number of likely N-dealkylation sites (N-methyl/N-ethyl adjacent to an activating group) is 1. The van der Waals surface area contributed by atoms with Crippen molar-refractivity contribution in [3.63, 3.8) is 0 Å². The van der Waals surface area contributed by atoms with Crippen molar-refractivity contribution in [2.45, 2.75) is 12.1 Å². The topological polar surface area (TPSA) is 41.3 Å². The zero-order chi connectivity index (χ0) is 18.3. The Kier molecular flexibility index (Phi) is 4.50. The van der Waals surface area contributed by atoms with Gasteiger partial charge in [-0.2, -0.15) is 0 Å². The summed E-state index contributed by atoms with van der Waals surface area (Å²) in [7, 11) is 1.93. The highest BCUT2D eigenvalue weighted by atomic mass is 79.9. The first-order valence-corrected chi connectivity index (χ1v) is 9.24. The van der Waals surface area contributed by atoms with E-state index >= 15 is 0 Å². The van der Waals surface area contributed by atoms with Crippen molar-refractivity contribution in [3.8, 4) is 11.3 Å². The van der Waals surface area contributed by atoms with Crippen LogP contribution in [0.15, 0.2) is 63.6 Å². The van der Waals surface area contributed by atoms with Gasteiger partial charge in [0.2, 0.25) is 0 Å².